The molecule has 13 rings (SSSR count). The average Bonchev–Trinajstić information content (AvgIpc) is 3.58. The second-order valence-electron chi connectivity index (χ2n) is 27.7. The van der Waals surface area contributed by atoms with Crippen LogP contribution in [-0.4, -0.2) is 6.85 Å². The molecule has 0 aromatic heterocycles. The van der Waals surface area contributed by atoms with Crippen molar-refractivity contribution in [3.8, 4) is 33.4 Å². The van der Waals surface area contributed by atoms with Crippen molar-refractivity contribution in [2.75, 3.05) is 9.71 Å². The Labute approximate surface area is 432 Å². The minimum absolute atomic E-state index is 0.0233. The SMILES string of the molecule is CC1(C)CCC(C)(C)c2cc(N3B4c5cc6c(cc5N(c5ccc7c(c5)C(C)(C)CCC7(C)C)c5cc(-c7ccccc7)cc(c54)-c4ccc5c(c43)-c3ccccc3C5(C)C)C(C)(C)CCC6(C)C)ccc21. The molecule has 2 nitrogen and oxygen atoms in total. The van der Waals surface area contributed by atoms with Crippen molar-refractivity contribution in [1.82, 2.24) is 0 Å². The lowest BCUT2D eigenvalue weighted by Crippen LogP contribution is -2.62. The van der Waals surface area contributed by atoms with Crippen molar-refractivity contribution >= 4 is 46.2 Å². The monoisotopic (exact) mass is 943 g/mol. The fraction of sp³-hybridized carbons (Fsp3) is 0.391. The number of anilines is 5. The van der Waals surface area contributed by atoms with Crippen LogP contribution in [0.4, 0.5) is 28.4 Å². The van der Waals surface area contributed by atoms with E-state index in [9.17, 15) is 0 Å². The number of hydrogen-bond donors (Lipinski definition) is 0. The first-order valence-electron chi connectivity index (χ1n) is 27.5. The van der Waals surface area contributed by atoms with Crippen LogP contribution in [0.15, 0.2) is 127 Å². The van der Waals surface area contributed by atoms with Gasteiger partial charge < -0.3 is 9.71 Å². The third-order valence-electron chi connectivity index (χ3n) is 20.0. The molecule has 0 N–H and O–H groups in total. The third-order valence-corrected chi connectivity index (χ3v) is 20.0. The molecule has 0 saturated carbocycles. The van der Waals surface area contributed by atoms with Crippen molar-refractivity contribution in [3.63, 3.8) is 0 Å². The first kappa shape index (κ1) is 46.0. The van der Waals surface area contributed by atoms with Gasteiger partial charge in [-0.2, -0.15) is 0 Å². The van der Waals surface area contributed by atoms with Gasteiger partial charge in [0.05, 0.1) is 0 Å². The number of hydrogen-bond acceptors (Lipinski definition) is 2. The summed E-state index contributed by atoms with van der Waals surface area (Å²) < 4.78 is 0. The number of nitrogens with zero attached hydrogens (tertiary/aromatic N) is 2. The van der Waals surface area contributed by atoms with Crippen LogP contribution in [-0.2, 0) is 37.9 Å². The van der Waals surface area contributed by atoms with Crippen molar-refractivity contribution in [3.05, 3.63) is 172 Å². The molecule has 6 aliphatic rings. The summed E-state index contributed by atoms with van der Waals surface area (Å²) >= 11 is 0. The van der Waals surface area contributed by atoms with Crippen LogP contribution in [0.3, 0.4) is 0 Å². The zero-order valence-electron chi connectivity index (χ0n) is 45.8. The average molecular weight is 943 g/mol. The Bertz CT molecular complexity index is 3470. The highest BCUT2D eigenvalue weighted by atomic mass is 15.2. The largest absolute Gasteiger partial charge is 0.376 e. The van der Waals surface area contributed by atoms with Crippen LogP contribution in [0.2, 0.25) is 0 Å². The zero-order valence-corrected chi connectivity index (χ0v) is 45.8. The van der Waals surface area contributed by atoms with Gasteiger partial charge in [0.1, 0.15) is 0 Å². The second kappa shape index (κ2) is 14.7. The summed E-state index contributed by atoms with van der Waals surface area (Å²) in [5, 5.41) is 0. The van der Waals surface area contributed by atoms with E-state index in [4.69, 9.17) is 0 Å². The quantitative estimate of drug-likeness (QED) is 0.163. The van der Waals surface area contributed by atoms with Gasteiger partial charge in [-0.15, -0.1) is 0 Å². The van der Waals surface area contributed by atoms with Gasteiger partial charge in [-0.25, -0.2) is 0 Å². The summed E-state index contributed by atoms with van der Waals surface area (Å²) in [6.45, 7) is 34.7. The standard InChI is InChI=1S/C69H75BN2/c1-63(2)30-32-65(5,6)53-38-44(24-27-50(53)63)71-58-41-56-55(67(9,10)34-35-68(56,11)12)40-57(58)70-61-48(36-43(37-59(61)71)42-20-16-15-17-21-42)46-26-29-52-60(47-22-18-19-23-49(47)69(52,13)14)62(46)72(70)45-25-28-51-54(39-45)66(7,8)33-31-64(51,3)4/h15-29,36-41H,30-35H2,1-14H3. The first-order valence-corrected chi connectivity index (χ1v) is 27.5. The summed E-state index contributed by atoms with van der Waals surface area (Å²) in [6.07, 6.45) is 7.07. The number of fused-ring (bicyclic) bond motifs is 11. The predicted octanol–water partition coefficient (Wildman–Crippen LogP) is 17.4. The van der Waals surface area contributed by atoms with Gasteiger partial charge >= 0.3 is 6.85 Å². The molecule has 72 heavy (non-hydrogen) atoms. The Kier molecular flexibility index (Phi) is 9.40. The lowest BCUT2D eigenvalue weighted by atomic mass is 9.42. The van der Waals surface area contributed by atoms with E-state index in [0.717, 1.165) is 6.42 Å². The molecule has 0 fully saturated rings. The molecule has 0 unspecified atom stereocenters. The summed E-state index contributed by atoms with van der Waals surface area (Å²) in [4.78, 5) is 5.61. The molecule has 2 heterocycles. The first-order chi connectivity index (χ1) is 33.9. The van der Waals surface area contributed by atoms with Crippen LogP contribution >= 0.6 is 0 Å². The van der Waals surface area contributed by atoms with Crippen molar-refractivity contribution in [2.45, 2.75) is 173 Å². The maximum atomic E-state index is 2.88. The van der Waals surface area contributed by atoms with E-state index in [-0.39, 0.29) is 44.8 Å². The molecule has 3 heteroatoms. The minimum Gasteiger partial charge on any atom is -0.376 e. The normalized spacial score (nSPS) is 21.0. The molecule has 0 amide bonds. The van der Waals surface area contributed by atoms with E-state index in [2.05, 4.69) is 234 Å². The predicted molar refractivity (Wildman–Crippen MR) is 309 cm³/mol. The summed E-state index contributed by atoms with van der Waals surface area (Å²) in [6, 6.07) is 51.4. The minimum atomic E-state index is -0.156. The Morgan fingerprint density at radius 3 is 1.47 bits per heavy atom. The van der Waals surface area contributed by atoms with Crippen LogP contribution in [0.5, 0.6) is 0 Å². The summed E-state index contributed by atoms with van der Waals surface area (Å²) in [5.74, 6) is 0. The van der Waals surface area contributed by atoms with E-state index >= 15 is 0 Å². The van der Waals surface area contributed by atoms with E-state index in [1.807, 2.05) is 0 Å². The third kappa shape index (κ3) is 6.34. The fourth-order valence-corrected chi connectivity index (χ4v) is 15.1. The highest BCUT2D eigenvalue weighted by molar-refractivity contribution is 6.93. The maximum Gasteiger partial charge on any atom is 0.333 e. The van der Waals surface area contributed by atoms with Gasteiger partial charge in [0.25, 0.3) is 0 Å². The molecular formula is C69H75BN2. The van der Waals surface area contributed by atoms with Crippen LogP contribution < -0.4 is 20.6 Å². The molecule has 0 saturated heterocycles. The Hall–Kier alpha value is -5.80. The van der Waals surface area contributed by atoms with Crippen LogP contribution in [0.1, 0.15) is 180 Å². The highest BCUT2D eigenvalue weighted by Crippen LogP contribution is 2.60. The molecule has 7 aromatic carbocycles. The topological polar surface area (TPSA) is 6.48 Å². The molecule has 364 valence electrons. The van der Waals surface area contributed by atoms with Gasteiger partial charge in [-0.3, -0.25) is 0 Å². The molecule has 7 aromatic rings. The molecule has 0 bridgehead atoms. The molecule has 4 aliphatic carbocycles. The maximum absolute atomic E-state index is 2.88. The Balaban J connectivity index is 1.21. The van der Waals surface area contributed by atoms with E-state index in [1.165, 1.54) is 149 Å². The summed E-state index contributed by atoms with van der Waals surface area (Å²) in [7, 11) is 0. The molecule has 2 aliphatic heterocycles. The highest BCUT2D eigenvalue weighted by Gasteiger charge is 2.51. The van der Waals surface area contributed by atoms with Crippen molar-refractivity contribution in [2.24, 2.45) is 0 Å². The smallest absolute Gasteiger partial charge is 0.333 e. The second-order valence-corrected chi connectivity index (χ2v) is 27.7. The number of benzene rings is 7. The molecule has 0 radical (unpaired) electrons. The lowest BCUT2D eigenvalue weighted by Gasteiger charge is -2.50. The van der Waals surface area contributed by atoms with Gasteiger partial charge in [-0.05, 0) is 191 Å². The van der Waals surface area contributed by atoms with Gasteiger partial charge in [-0.1, -0.05) is 182 Å². The van der Waals surface area contributed by atoms with Crippen molar-refractivity contribution in [1.29, 1.82) is 0 Å². The van der Waals surface area contributed by atoms with Crippen LogP contribution in [0, 0.1) is 0 Å². The van der Waals surface area contributed by atoms with Gasteiger partial charge in [0.2, 0.25) is 0 Å². The van der Waals surface area contributed by atoms with Crippen molar-refractivity contribution < 1.29 is 0 Å². The fourth-order valence-electron chi connectivity index (χ4n) is 15.1. The molecule has 0 atom stereocenters. The number of rotatable bonds is 3. The van der Waals surface area contributed by atoms with Crippen LogP contribution in [0.25, 0.3) is 33.4 Å². The van der Waals surface area contributed by atoms with Gasteiger partial charge in [0.15, 0.2) is 0 Å². The Morgan fingerprint density at radius 2 is 0.861 bits per heavy atom. The molecule has 0 spiro atoms. The lowest BCUT2D eigenvalue weighted by molar-refractivity contribution is 0.332. The van der Waals surface area contributed by atoms with Gasteiger partial charge in [0, 0.05) is 45.0 Å². The van der Waals surface area contributed by atoms with E-state index < -0.39 is 0 Å². The summed E-state index contributed by atoms with van der Waals surface area (Å²) in [5.41, 5.74) is 29.3. The molecular weight excluding hydrogens is 868 g/mol. The Morgan fingerprint density at radius 1 is 0.361 bits per heavy atom. The van der Waals surface area contributed by atoms with E-state index in [1.54, 1.807) is 0 Å². The van der Waals surface area contributed by atoms with E-state index in [0.29, 0.717) is 0 Å². The zero-order chi connectivity index (χ0) is 50.4.